The van der Waals surface area contributed by atoms with E-state index in [0.29, 0.717) is 5.56 Å². The fourth-order valence-electron chi connectivity index (χ4n) is 1.60. The average molecular weight is 286 g/mol. The molecule has 0 spiro atoms. The van der Waals surface area contributed by atoms with Gasteiger partial charge in [0.15, 0.2) is 0 Å². The second-order valence-corrected chi connectivity index (χ2v) is 5.40. The smallest absolute Gasteiger partial charge is 0.408 e. The Bertz CT molecular complexity index is 441. The van der Waals surface area contributed by atoms with E-state index in [0.717, 1.165) is 0 Å². The Morgan fingerprint density at radius 2 is 1.75 bits per heavy atom. The van der Waals surface area contributed by atoms with Gasteiger partial charge in [-0.15, -0.1) is 0 Å². The van der Waals surface area contributed by atoms with Gasteiger partial charge < -0.3 is 15.8 Å². The third-order valence-corrected chi connectivity index (χ3v) is 2.52. The maximum atomic E-state index is 12.5. The summed E-state index contributed by atoms with van der Waals surface area (Å²) in [5.41, 5.74) is 5.58. The van der Waals surface area contributed by atoms with Crippen LogP contribution in [0.1, 0.15) is 44.4 Å². The zero-order valence-electron chi connectivity index (χ0n) is 11.8. The predicted octanol–water partition coefficient (Wildman–Crippen LogP) is 3.15. The molecule has 1 unspecified atom stereocenters. The largest absolute Gasteiger partial charge is 0.444 e. The summed E-state index contributed by atoms with van der Waals surface area (Å²) < 4.78 is 30.1. The molecule has 0 fully saturated rings. The average Bonchev–Trinajstić information content (AvgIpc) is 2.34. The lowest BCUT2D eigenvalue weighted by atomic mass is 10.1. The van der Waals surface area contributed by atoms with Crippen LogP contribution < -0.4 is 11.1 Å². The summed E-state index contributed by atoms with van der Waals surface area (Å²) in [6.45, 7) is 5.40. The van der Waals surface area contributed by atoms with E-state index in [9.17, 15) is 13.6 Å². The highest BCUT2D eigenvalue weighted by molar-refractivity contribution is 5.68. The molecule has 0 heterocycles. The SMILES string of the molecule is CC(C)(C)OC(=O)NC(CN)c1ccc(C(F)F)cc1. The van der Waals surface area contributed by atoms with Gasteiger partial charge in [0.25, 0.3) is 6.43 Å². The van der Waals surface area contributed by atoms with Gasteiger partial charge in [-0.2, -0.15) is 0 Å². The number of rotatable bonds is 4. The van der Waals surface area contributed by atoms with Crippen LogP contribution in [0.3, 0.4) is 0 Å². The van der Waals surface area contributed by atoms with Crippen LogP contribution in [0.25, 0.3) is 0 Å². The van der Waals surface area contributed by atoms with Crippen LogP contribution in [0.5, 0.6) is 0 Å². The number of carbonyl (C=O) groups excluding carboxylic acids is 1. The van der Waals surface area contributed by atoms with Crippen molar-refractivity contribution in [3.8, 4) is 0 Å². The first kappa shape index (κ1) is 16.4. The van der Waals surface area contributed by atoms with E-state index in [1.165, 1.54) is 24.3 Å². The van der Waals surface area contributed by atoms with E-state index < -0.39 is 24.2 Å². The number of ether oxygens (including phenoxy) is 1. The van der Waals surface area contributed by atoms with Crippen LogP contribution >= 0.6 is 0 Å². The van der Waals surface area contributed by atoms with Crippen LogP contribution in [0.2, 0.25) is 0 Å². The maximum Gasteiger partial charge on any atom is 0.408 e. The Labute approximate surface area is 117 Å². The highest BCUT2D eigenvalue weighted by atomic mass is 19.3. The summed E-state index contributed by atoms with van der Waals surface area (Å²) in [4.78, 5) is 11.7. The van der Waals surface area contributed by atoms with Gasteiger partial charge in [-0.3, -0.25) is 0 Å². The number of nitrogens with two attached hydrogens (primary N) is 1. The van der Waals surface area contributed by atoms with Crippen molar-refractivity contribution in [1.29, 1.82) is 0 Å². The van der Waals surface area contributed by atoms with Crippen molar-refractivity contribution in [3.05, 3.63) is 35.4 Å². The van der Waals surface area contributed by atoms with Crippen LogP contribution in [0.4, 0.5) is 13.6 Å². The van der Waals surface area contributed by atoms with E-state index in [4.69, 9.17) is 10.5 Å². The van der Waals surface area contributed by atoms with E-state index in [-0.39, 0.29) is 12.1 Å². The lowest BCUT2D eigenvalue weighted by molar-refractivity contribution is 0.0505. The number of amides is 1. The molecule has 20 heavy (non-hydrogen) atoms. The van der Waals surface area contributed by atoms with E-state index >= 15 is 0 Å². The van der Waals surface area contributed by atoms with Crippen molar-refractivity contribution in [3.63, 3.8) is 0 Å². The Hall–Kier alpha value is -1.69. The number of benzene rings is 1. The standard InChI is InChI=1S/C14H20F2N2O2/c1-14(2,3)20-13(19)18-11(8-17)9-4-6-10(7-5-9)12(15)16/h4-7,11-12H,8,17H2,1-3H3,(H,18,19). The molecule has 1 aromatic carbocycles. The van der Waals surface area contributed by atoms with Gasteiger partial charge >= 0.3 is 6.09 Å². The van der Waals surface area contributed by atoms with Crippen molar-refractivity contribution in [2.45, 2.75) is 38.8 Å². The molecule has 0 saturated heterocycles. The van der Waals surface area contributed by atoms with Crippen molar-refractivity contribution < 1.29 is 18.3 Å². The third kappa shape index (κ3) is 5.13. The summed E-state index contributed by atoms with van der Waals surface area (Å²) in [6.07, 6.45) is -3.11. The van der Waals surface area contributed by atoms with E-state index in [1.807, 2.05) is 0 Å². The molecule has 0 aromatic heterocycles. The molecule has 3 N–H and O–H groups in total. The molecule has 1 aromatic rings. The third-order valence-electron chi connectivity index (χ3n) is 2.52. The molecule has 112 valence electrons. The van der Waals surface area contributed by atoms with Crippen molar-refractivity contribution in [2.24, 2.45) is 5.73 Å². The molecule has 1 rings (SSSR count). The zero-order valence-corrected chi connectivity index (χ0v) is 11.8. The number of alkyl carbamates (subject to hydrolysis) is 1. The molecule has 1 amide bonds. The predicted molar refractivity (Wildman–Crippen MR) is 72.6 cm³/mol. The van der Waals surface area contributed by atoms with Gasteiger partial charge in [-0.25, -0.2) is 13.6 Å². The first-order chi connectivity index (χ1) is 9.23. The Kier molecular flexibility index (Phi) is 5.44. The van der Waals surface area contributed by atoms with Crippen LogP contribution in [0.15, 0.2) is 24.3 Å². The molecule has 0 aliphatic carbocycles. The normalized spacial score (nSPS) is 13.2. The maximum absolute atomic E-state index is 12.5. The summed E-state index contributed by atoms with van der Waals surface area (Å²) in [7, 11) is 0. The fraction of sp³-hybridized carbons (Fsp3) is 0.500. The first-order valence-corrected chi connectivity index (χ1v) is 6.30. The van der Waals surface area contributed by atoms with E-state index in [2.05, 4.69) is 5.32 Å². The molecule has 0 saturated carbocycles. The second kappa shape index (κ2) is 6.65. The van der Waals surface area contributed by atoms with E-state index in [1.54, 1.807) is 20.8 Å². The molecule has 1 atom stereocenters. The first-order valence-electron chi connectivity index (χ1n) is 6.30. The summed E-state index contributed by atoms with van der Waals surface area (Å²) in [6, 6.07) is 5.21. The summed E-state index contributed by atoms with van der Waals surface area (Å²) >= 11 is 0. The quantitative estimate of drug-likeness (QED) is 0.893. The van der Waals surface area contributed by atoms with Gasteiger partial charge in [-0.1, -0.05) is 24.3 Å². The van der Waals surface area contributed by atoms with Crippen LogP contribution in [-0.2, 0) is 4.74 Å². The van der Waals surface area contributed by atoms with Gasteiger partial charge in [0.2, 0.25) is 0 Å². The van der Waals surface area contributed by atoms with Gasteiger partial charge in [-0.05, 0) is 26.3 Å². The molecular weight excluding hydrogens is 266 g/mol. The fourth-order valence-corrected chi connectivity index (χ4v) is 1.60. The minimum Gasteiger partial charge on any atom is -0.444 e. The van der Waals surface area contributed by atoms with Crippen molar-refractivity contribution in [1.82, 2.24) is 5.32 Å². The molecule has 4 nitrogen and oxygen atoms in total. The Morgan fingerprint density at radius 3 is 2.15 bits per heavy atom. The van der Waals surface area contributed by atoms with Crippen LogP contribution in [-0.4, -0.2) is 18.2 Å². The van der Waals surface area contributed by atoms with Gasteiger partial charge in [0.05, 0.1) is 6.04 Å². The lowest BCUT2D eigenvalue weighted by Crippen LogP contribution is -2.37. The number of nitrogens with one attached hydrogen (secondary N) is 1. The molecule has 0 aliphatic heterocycles. The Morgan fingerprint density at radius 1 is 1.25 bits per heavy atom. The highest BCUT2D eigenvalue weighted by Gasteiger charge is 2.20. The van der Waals surface area contributed by atoms with Crippen molar-refractivity contribution >= 4 is 6.09 Å². The number of hydrogen-bond acceptors (Lipinski definition) is 3. The molecular formula is C14H20F2N2O2. The van der Waals surface area contributed by atoms with Gasteiger partial charge in [0, 0.05) is 12.1 Å². The minimum atomic E-state index is -2.51. The lowest BCUT2D eigenvalue weighted by Gasteiger charge is -2.23. The minimum absolute atomic E-state index is 0.0678. The number of halogens is 2. The number of hydrogen-bond donors (Lipinski definition) is 2. The molecule has 0 bridgehead atoms. The van der Waals surface area contributed by atoms with Crippen LogP contribution in [0, 0.1) is 0 Å². The summed E-state index contributed by atoms with van der Waals surface area (Å²) in [5.74, 6) is 0. The monoisotopic (exact) mass is 286 g/mol. The van der Waals surface area contributed by atoms with Gasteiger partial charge in [0.1, 0.15) is 5.60 Å². The number of carbonyl (C=O) groups is 1. The second-order valence-electron chi connectivity index (χ2n) is 5.40. The topological polar surface area (TPSA) is 64.3 Å². The number of alkyl halides is 2. The van der Waals surface area contributed by atoms with Crippen molar-refractivity contribution in [2.75, 3.05) is 6.54 Å². The zero-order chi connectivity index (χ0) is 15.3. The molecule has 6 heteroatoms. The Balaban J connectivity index is 2.73. The molecule has 0 radical (unpaired) electrons. The highest BCUT2D eigenvalue weighted by Crippen LogP contribution is 2.21. The molecule has 0 aliphatic rings. The summed E-state index contributed by atoms with van der Waals surface area (Å²) in [5, 5.41) is 2.61.